The van der Waals surface area contributed by atoms with E-state index in [2.05, 4.69) is 5.10 Å². The molecule has 0 aromatic heterocycles. The van der Waals surface area contributed by atoms with Gasteiger partial charge >= 0.3 is 5.97 Å². The standard InChI is InChI=1S/C16H13ClN2O2/c17-11-7-5-10(6-8-11)14(19-18)9-15-12-3-1-2-4-13(12)16(20)21-15/h1-8,15H,9,18H2/b19-14-/t15-/m1/s1. The number of hydrogen-bond acceptors (Lipinski definition) is 4. The number of rotatable bonds is 3. The highest BCUT2D eigenvalue weighted by Gasteiger charge is 2.31. The van der Waals surface area contributed by atoms with Gasteiger partial charge in [0.05, 0.1) is 11.3 Å². The maximum absolute atomic E-state index is 11.8. The van der Waals surface area contributed by atoms with Crippen LogP contribution in [0.15, 0.2) is 53.6 Å². The van der Waals surface area contributed by atoms with Crippen molar-refractivity contribution in [3.63, 3.8) is 0 Å². The molecule has 0 unspecified atom stereocenters. The van der Waals surface area contributed by atoms with E-state index in [1.807, 2.05) is 30.3 Å². The van der Waals surface area contributed by atoms with E-state index in [1.165, 1.54) is 0 Å². The molecule has 0 aliphatic carbocycles. The number of hydrogen-bond donors (Lipinski definition) is 1. The Kier molecular flexibility index (Phi) is 3.62. The predicted molar refractivity (Wildman–Crippen MR) is 81.4 cm³/mol. The third-order valence-electron chi connectivity index (χ3n) is 3.49. The van der Waals surface area contributed by atoms with Gasteiger partial charge in [-0.3, -0.25) is 0 Å². The van der Waals surface area contributed by atoms with Gasteiger partial charge in [0.1, 0.15) is 6.10 Å². The second-order valence-electron chi connectivity index (χ2n) is 4.77. The quantitative estimate of drug-likeness (QED) is 0.409. The first-order valence-electron chi connectivity index (χ1n) is 6.51. The molecule has 21 heavy (non-hydrogen) atoms. The molecule has 1 aliphatic rings. The van der Waals surface area contributed by atoms with E-state index < -0.39 is 0 Å². The summed E-state index contributed by atoms with van der Waals surface area (Å²) in [6.07, 6.45) is 0.0765. The van der Waals surface area contributed by atoms with Crippen molar-refractivity contribution in [1.29, 1.82) is 0 Å². The lowest BCUT2D eigenvalue weighted by Crippen LogP contribution is -2.11. The van der Waals surface area contributed by atoms with E-state index in [0.717, 1.165) is 11.1 Å². The van der Waals surface area contributed by atoms with Crippen LogP contribution in [0.3, 0.4) is 0 Å². The van der Waals surface area contributed by atoms with Crippen molar-refractivity contribution >= 4 is 23.3 Å². The van der Waals surface area contributed by atoms with Gasteiger partial charge in [0.25, 0.3) is 0 Å². The molecule has 106 valence electrons. The van der Waals surface area contributed by atoms with E-state index in [1.54, 1.807) is 18.2 Å². The number of nitrogens with zero attached hydrogens (tertiary/aromatic N) is 1. The van der Waals surface area contributed by atoms with Crippen LogP contribution in [0.2, 0.25) is 5.02 Å². The van der Waals surface area contributed by atoms with Crippen LogP contribution in [-0.4, -0.2) is 11.7 Å². The molecular weight excluding hydrogens is 288 g/mol. The maximum Gasteiger partial charge on any atom is 0.339 e. The minimum atomic E-state index is -0.355. The Bertz CT molecular complexity index is 710. The van der Waals surface area contributed by atoms with Crippen molar-refractivity contribution in [2.24, 2.45) is 10.9 Å². The average Bonchev–Trinajstić information content (AvgIpc) is 2.83. The molecule has 3 rings (SSSR count). The van der Waals surface area contributed by atoms with Crippen LogP contribution in [0, 0.1) is 0 Å². The number of carbonyl (C=O) groups is 1. The molecule has 0 bridgehead atoms. The van der Waals surface area contributed by atoms with Gasteiger partial charge in [0.2, 0.25) is 0 Å². The van der Waals surface area contributed by atoms with Gasteiger partial charge in [0, 0.05) is 17.0 Å². The maximum atomic E-state index is 11.8. The van der Waals surface area contributed by atoms with E-state index in [4.69, 9.17) is 22.2 Å². The molecule has 4 nitrogen and oxygen atoms in total. The molecule has 0 amide bonds. The second-order valence-corrected chi connectivity index (χ2v) is 5.20. The fourth-order valence-electron chi connectivity index (χ4n) is 2.43. The summed E-state index contributed by atoms with van der Waals surface area (Å²) in [4.78, 5) is 11.8. The van der Waals surface area contributed by atoms with Crippen LogP contribution < -0.4 is 5.84 Å². The van der Waals surface area contributed by atoms with E-state index in [0.29, 0.717) is 22.7 Å². The average molecular weight is 301 g/mol. The second kappa shape index (κ2) is 5.58. The number of ether oxygens (including phenoxy) is 1. The molecule has 2 N–H and O–H groups in total. The summed E-state index contributed by atoms with van der Waals surface area (Å²) in [5, 5.41) is 4.48. The monoisotopic (exact) mass is 300 g/mol. The zero-order chi connectivity index (χ0) is 14.8. The molecule has 0 radical (unpaired) electrons. The number of fused-ring (bicyclic) bond motifs is 1. The normalized spacial score (nSPS) is 17.5. The van der Waals surface area contributed by atoms with Crippen LogP contribution in [0.4, 0.5) is 0 Å². The lowest BCUT2D eigenvalue weighted by atomic mass is 9.98. The fraction of sp³-hybridized carbons (Fsp3) is 0.125. The van der Waals surface area contributed by atoms with Crippen molar-refractivity contribution in [1.82, 2.24) is 0 Å². The van der Waals surface area contributed by atoms with Crippen molar-refractivity contribution in [2.75, 3.05) is 0 Å². The van der Waals surface area contributed by atoms with Crippen LogP contribution in [-0.2, 0) is 4.74 Å². The molecule has 0 saturated heterocycles. The van der Waals surface area contributed by atoms with Crippen LogP contribution in [0.25, 0.3) is 0 Å². The molecule has 2 aromatic carbocycles. The number of esters is 1. The van der Waals surface area contributed by atoms with E-state index in [9.17, 15) is 4.79 Å². The van der Waals surface area contributed by atoms with Gasteiger partial charge in [-0.2, -0.15) is 5.10 Å². The number of nitrogens with two attached hydrogens (primary N) is 1. The van der Waals surface area contributed by atoms with Gasteiger partial charge in [-0.05, 0) is 23.8 Å². The summed E-state index contributed by atoms with van der Waals surface area (Å²) in [7, 11) is 0. The van der Waals surface area contributed by atoms with Gasteiger partial charge in [0.15, 0.2) is 0 Å². The van der Waals surface area contributed by atoms with Gasteiger partial charge < -0.3 is 10.6 Å². The molecule has 0 fully saturated rings. The minimum absolute atomic E-state index is 0.303. The van der Waals surface area contributed by atoms with Crippen molar-refractivity contribution in [3.8, 4) is 0 Å². The molecule has 0 spiro atoms. The summed E-state index contributed by atoms with van der Waals surface area (Å²) in [5.74, 6) is 5.19. The SMILES string of the molecule is N/N=C(/C[C@H]1OC(=O)c2ccccc21)c1ccc(Cl)cc1. The van der Waals surface area contributed by atoms with Gasteiger partial charge in [-0.25, -0.2) is 4.79 Å². The fourth-order valence-corrected chi connectivity index (χ4v) is 2.56. The number of carbonyl (C=O) groups excluding carboxylic acids is 1. The smallest absolute Gasteiger partial charge is 0.339 e. The van der Waals surface area contributed by atoms with Crippen LogP contribution in [0.5, 0.6) is 0 Å². The zero-order valence-electron chi connectivity index (χ0n) is 11.1. The van der Waals surface area contributed by atoms with Crippen molar-refractivity contribution < 1.29 is 9.53 Å². The molecule has 0 saturated carbocycles. The Morgan fingerprint density at radius 2 is 1.90 bits per heavy atom. The first-order valence-corrected chi connectivity index (χ1v) is 6.89. The Hall–Kier alpha value is -2.33. The third-order valence-corrected chi connectivity index (χ3v) is 3.74. The Balaban J connectivity index is 1.86. The zero-order valence-corrected chi connectivity index (χ0v) is 11.9. The molecule has 1 aliphatic heterocycles. The highest BCUT2D eigenvalue weighted by Crippen LogP contribution is 2.33. The first-order chi connectivity index (χ1) is 10.2. The van der Waals surface area contributed by atoms with Crippen molar-refractivity contribution in [2.45, 2.75) is 12.5 Å². The van der Waals surface area contributed by atoms with Crippen LogP contribution in [0.1, 0.15) is 34.0 Å². The topological polar surface area (TPSA) is 64.7 Å². The van der Waals surface area contributed by atoms with E-state index >= 15 is 0 Å². The lowest BCUT2D eigenvalue weighted by molar-refractivity contribution is 0.0400. The van der Waals surface area contributed by atoms with E-state index in [-0.39, 0.29) is 12.1 Å². The molecular formula is C16H13ClN2O2. The molecule has 5 heteroatoms. The number of benzene rings is 2. The molecule has 1 heterocycles. The summed E-state index contributed by atoms with van der Waals surface area (Å²) in [6.45, 7) is 0. The third kappa shape index (κ3) is 2.62. The predicted octanol–water partition coefficient (Wildman–Crippen LogP) is 3.30. The summed E-state index contributed by atoms with van der Waals surface area (Å²) in [5.41, 5.74) is 3.01. The summed E-state index contributed by atoms with van der Waals surface area (Å²) < 4.78 is 5.41. The summed E-state index contributed by atoms with van der Waals surface area (Å²) in [6, 6.07) is 14.6. The lowest BCUT2D eigenvalue weighted by Gasteiger charge is -2.12. The van der Waals surface area contributed by atoms with Crippen molar-refractivity contribution in [3.05, 3.63) is 70.2 Å². The number of cyclic esters (lactones) is 1. The Labute approximate surface area is 127 Å². The first kappa shape index (κ1) is 13.6. The Morgan fingerprint density at radius 3 is 2.62 bits per heavy atom. The highest BCUT2D eigenvalue weighted by molar-refractivity contribution is 6.30. The molecule has 2 aromatic rings. The number of hydrazone groups is 1. The summed E-state index contributed by atoms with van der Waals surface area (Å²) >= 11 is 5.88. The number of halogens is 1. The largest absolute Gasteiger partial charge is 0.453 e. The Morgan fingerprint density at radius 1 is 1.19 bits per heavy atom. The molecule has 1 atom stereocenters. The van der Waals surface area contributed by atoms with Gasteiger partial charge in [-0.15, -0.1) is 0 Å². The van der Waals surface area contributed by atoms with Gasteiger partial charge in [-0.1, -0.05) is 41.9 Å². The highest BCUT2D eigenvalue weighted by atomic mass is 35.5. The minimum Gasteiger partial charge on any atom is -0.453 e. The van der Waals surface area contributed by atoms with Crippen LogP contribution >= 0.6 is 11.6 Å².